The second-order valence-corrected chi connectivity index (χ2v) is 5.44. The van der Waals surface area contributed by atoms with Crippen LogP contribution in [0, 0.1) is 0 Å². The minimum Gasteiger partial charge on any atom is -0.299 e. The van der Waals surface area contributed by atoms with Crippen molar-refractivity contribution < 1.29 is 4.79 Å². The molecule has 0 unspecified atom stereocenters. The number of rotatable bonds is 5. The third-order valence-corrected chi connectivity index (χ3v) is 3.98. The summed E-state index contributed by atoms with van der Waals surface area (Å²) in [6, 6.07) is 4.16. The SMILES string of the molecule is O=C(CCc1cccs1)CC1=CCCCC1. The van der Waals surface area contributed by atoms with Crippen molar-refractivity contribution in [3.8, 4) is 0 Å². The third kappa shape index (κ3) is 3.60. The molecule has 0 N–H and O–H groups in total. The van der Waals surface area contributed by atoms with Crippen LogP contribution in [-0.4, -0.2) is 5.78 Å². The highest BCUT2D eigenvalue weighted by Gasteiger charge is 2.09. The summed E-state index contributed by atoms with van der Waals surface area (Å²) in [6.07, 6.45) is 9.48. The van der Waals surface area contributed by atoms with Crippen LogP contribution in [0.15, 0.2) is 29.2 Å². The molecule has 0 saturated carbocycles. The first-order valence-electron chi connectivity index (χ1n) is 6.06. The lowest BCUT2D eigenvalue weighted by Gasteiger charge is -2.11. The number of aryl methyl sites for hydroxylation is 1. The summed E-state index contributed by atoms with van der Waals surface area (Å²) in [7, 11) is 0. The van der Waals surface area contributed by atoms with E-state index in [1.165, 1.54) is 29.7 Å². The summed E-state index contributed by atoms with van der Waals surface area (Å²) in [4.78, 5) is 13.1. The van der Waals surface area contributed by atoms with E-state index in [2.05, 4.69) is 17.5 Å². The quantitative estimate of drug-likeness (QED) is 0.700. The maximum atomic E-state index is 11.8. The number of allylic oxidation sites excluding steroid dienone is 2. The number of ketones is 1. The molecule has 0 amide bonds. The standard InChI is InChI=1S/C14H18OS/c15-13(8-9-14-7-4-10-16-14)11-12-5-2-1-3-6-12/h4-5,7,10H,1-3,6,8-9,11H2. The van der Waals surface area contributed by atoms with Gasteiger partial charge in [0.2, 0.25) is 0 Å². The Bertz CT molecular complexity index is 362. The smallest absolute Gasteiger partial charge is 0.137 e. The molecule has 1 aliphatic rings. The van der Waals surface area contributed by atoms with Gasteiger partial charge in [-0.15, -0.1) is 11.3 Å². The van der Waals surface area contributed by atoms with Crippen LogP contribution in [0.2, 0.25) is 0 Å². The number of hydrogen-bond donors (Lipinski definition) is 0. The maximum Gasteiger partial charge on any atom is 0.137 e. The van der Waals surface area contributed by atoms with E-state index in [4.69, 9.17) is 0 Å². The van der Waals surface area contributed by atoms with Crippen LogP contribution in [0.4, 0.5) is 0 Å². The number of thiophene rings is 1. The Kier molecular flexibility index (Phi) is 4.34. The van der Waals surface area contributed by atoms with Gasteiger partial charge in [-0.2, -0.15) is 0 Å². The zero-order valence-electron chi connectivity index (χ0n) is 9.58. The molecule has 16 heavy (non-hydrogen) atoms. The molecule has 86 valence electrons. The fourth-order valence-electron chi connectivity index (χ4n) is 2.12. The highest BCUT2D eigenvalue weighted by atomic mass is 32.1. The second kappa shape index (κ2) is 6.00. The van der Waals surface area contributed by atoms with Crippen molar-refractivity contribution >= 4 is 17.1 Å². The molecule has 0 fully saturated rings. The van der Waals surface area contributed by atoms with E-state index < -0.39 is 0 Å². The van der Waals surface area contributed by atoms with Gasteiger partial charge < -0.3 is 0 Å². The van der Waals surface area contributed by atoms with Crippen LogP contribution in [0.5, 0.6) is 0 Å². The predicted molar refractivity (Wildman–Crippen MR) is 68.8 cm³/mol. The Labute approximate surface area is 101 Å². The van der Waals surface area contributed by atoms with Crippen LogP contribution in [0.3, 0.4) is 0 Å². The van der Waals surface area contributed by atoms with Crippen molar-refractivity contribution in [1.82, 2.24) is 0 Å². The number of Topliss-reactive ketones (excluding diaryl/α,β-unsaturated/α-hetero) is 1. The van der Waals surface area contributed by atoms with E-state index in [-0.39, 0.29) is 0 Å². The van der Waals surface area contributed by atoms with Crippen LogP contribution in [0.1, 0.15) is 43.4 Å². The molecule has 0 saturated heterocycles. The van der Waals surface area contributed by atoms with Gasteiger partial charge in [-0.05, 0) is 43.6 Å². The Morgan fingerprint density at radius 3 is 3.00 bits per heavy atom. The highest BCUT2D eigenvalue weighted by molar-refractivity contribution is 7.09. The van der Waals surface area contributed by atoms with Gasteiger partial charge in [0, 0.05) is 17.7 Å². The lowest BCUT2D eigenvalue weighted by molar-refractivity contribution is -0.118. The monoisotopic (exact) mass is 234 g/mol. The molecule has 0 atom stereocenters. The molecule has 2 rings (SSSR count). The van der Waals surface area contributed by atoms with Gasteiger partial charge in [0.25, 0.3) is 0 Å². The normalized spacial score (nSPS) is 15.9. The number of hydrogen-bond acceptors (Lipinski definition) is 2. The summed E-state index contributed by atoms with van der Waals surface area (Å²) in [5.41, 5.74) is 1.38. The van der Waals surface area contributed by atoms with Gasteiger partial charge in [0.15, 0.2) is 0 Å². The van der Waals surface area contributed by atoms with Crippen LogP contribution in [-0.2, 0) is 11.2 Å². The lowest BCUT2D eigenvalue weighted by Crippen LogP contribution is -2.03. The first-order valence-corrected chi connectivity index (χ1v) is 6.94. The van der Waals surface area contributed by atoms with Crippen molar-refractivity contribution in [3.63, 3.8) is 0 Å². The molecule has 1 nitrogen and oxygen atoms in total. The van der Waals surface area contributed by atoms with E-state index in [9.17, 15) is 4.79 Å². The molecule has 1 aromatic heterocycles. The summed E-state index contributed by atoms with van der Waals surface area (Å²) in [6.45, 7) is 0. The minimum atomic E-state index is 0.404. The van der Waals surface area contributed by atoms with E-state index in [1.54, 1.807) is 11.3 Å². The van der Waals surface area contributed by atoms with Crippen LogP contribution >= 0.6 is 11.3 Å². The minimum absolute atomic E-state index is 0.404. The molecule has 0 aliphatic heterocycles. The molecule has 0 radical (unpaired) electrons. The molecule has 1 aromatic rings. The van der Waals surface area contributed by atoms with Crippen LogP contribution < -0.4 is 0 Å². The fraction of sp³-hybridized carbons (Fsp3) is 0.500. The van der Waals surface area contributed by atoms with Gasteiger partial charge in [0.05, 0.1) is 0 Å². The van der Waals surface area contributed by atoms with Gasteiger partial charge in [-0.25, -0.2) is 0 Å². The molecular formula is C14H18OS. The Morgan fingerprint density at radius 2 is 2.31 bits per heavy atom. The average molecular weight is 234 g/mol. The van der Waals surface area contributed by atoms with Crippen molar-refractivity contribution in [3.05, 3.63) is 34.0 Å². The van der Waals surface area contributed by atoms with Gasteiger partial charge in [0.1, 0.15) is 5.78 Å². The molecule has 0 aromatic carbocycles. The molecule has 2 heteroatoms. The summed E-state index contributed by atoms with van der Waals surface area (Å²) in [5.74, 6) is 0.404. The Hall–Kier alpha value is -0.890. The summed E-state index contributed by atoms with van der Waals surface area (Å²) in [5, 5.41) is 2.07. The topological polar surface area (TPSA) is 17.1 Å². The average Bonchev–Trinajstić information content (AvgIpc) is 2.81. The van der Waals surface area contributed by atoms with Gasteiger partial charge in [-0.1, -0.05) is 17.7 Å². The Morgan fingerprint density at radius 1 is 1.38 bits per heavy atom. The zero-order valence-corrected chi connectivity index (χ0v) is 10.4. The van der Waals surface area contributed by atoms with Gasteiger partial charge in [-0.3, -0.25) is 4.79 Å². The first-order chi connectivity index (χ1) is 7.84. The predicted octanol–water partition coefficient (Wildman–Crippen LogP) is 4.14. The van der Waals surface area contributed by atoms with E-state index in [0.717, 1.165) is 12.8 Å². The van der Waals surface area contributed by atoms with Crippen molar-refractivity contribution in [2.45, 2.75) is 44.9 Å². The highest BCUT2D eigenvalue weighted by Crippen LogP contribution is 2.21. The molecule has 0 spiro atoms. The maximum absolute atomic E-state index is 11.8. The zero-order chi connectivity index (χ0) is 11.2. The molecular weight excluding hydrogens is 216 g/mol. The largest absolute Gasteiger partial charge is 0.299 e. The second-order valence-electron chi connectivity index (χ2n) is 4.40. The Balaban J connectivity index is 1.74. The van der Waals surface area contributed by atoms with Crippen molar-refractivity contribution in [1.29, 1.82) is 0 Å². The van der Waals surface area contributed by atoms with E-state index in [0.29, 0.717) is 18.6 Å². The van der Waals surface area contributed by atoms with Crippen molar-refractivity contribution in [2.75, 3.05) is 0 Å². The summed E-state index contributed by atoms with van der Waals surface area (Å²) >= 11 is 1.74. The lowest BCUT2D eigenvalue weighted by atomic mass is 9.94. The fourth-order valence-corrected chi connectivity index (χ4v) is 2.83. The van der Waals surface area contributed by atoms with Crippen LogP contribution in [0.25, 0.3) is 0 Å². The number of carbonyl (C=O) groups is 1. The molecule has 1 heterocycles. The summed E-state index contributed by atoms with van der Waals surface area (Å²) < 4.78 is 0. The molecule has 1 aliphatic carbocycles. The third-order valence-electron chi connectivity index (χ3n) is 3.04. The first kappa shape index (κ1) is 11.6. The van der Waals surface area contributed by atoms with Gasteiger partial charge >= 0.3 is 0 Å². The van der Waals surface area contributed by atoms with E-state index in [1.807, 2.05) is 6.07 Å². The van der Waals surface area contributed by atoms with Crippen molar-refractivity contribution in [2.24, 2.45) is 0 Å². The van der Waals surface area contributed by atoms with E-state index >= 15 is 0 Å². The molecule has 0 bridgehead atoms. The number of carbonyl (C=O) groups excluding carboxylic acids is 1.